The molecule has 2 saturated carbocycles. The molecule has 7 aromatic carbocycles. The minimum absolute atomic E-state index is 0.305. The van der Waals surface area contributed by atoms with Gasteiger partial charge in [0.25, 0.3) is 0 Å². The Morgan fingerprint density at radius 2 is 1.09 bits per heavy atom. The highest BCUT2D eigenvalue weighted by Gasteiger charge is 2.59. The molecule has 286 valence electrons. The third-order valence-corrected chi connectivity index (χ3v) is 16.7. The molecule has 0 amide bonds. The van der Waals surface area contributed by atoms with E-state index in [0.29, 0.717) is 33.5 Å². The molecule has 0 atom stereocenters. The topological polar surface area (TPSA) is 37.4 Å². The fourth-order valence-electron chi connectivity index (χ4n) is 11.6. The van der Waals surface area contributed by atoms with Gasteiger partial charge in [-0.05, 0) is 137 Å². The molecule has 58 heavy (non-hydrogen) atoms. The van der Waals surface area contributed by atoms with Crippen LogP contribution in [-0.2, 0) is 15.3 Å². The molecule has 8 aromatic rings. The van der Waals surface area contributed by atoms with Gasteiger partial charge in [0.05, 0.1) is 9.79 Å². The number of nitrogens with zero attached hydrogens (tertiary/aromatic N) is 1. The fraction of sp³-hybridized carbons (Fsp3) is 0.208. The van der Waals surface area contributed by atoms with Gasteiger partial charge in [-0.2, -0.15) is 0 Å². The Balaban J connectivity index is 1.04. The average Bonchev–Trinajstić information content (AvgIpc) is 3.63. The summed E-state index contributed by atoms with van der Waals surface area (Å²) in [6.45, 7) is 4.79. The van der Waals surface area contributed by atoms with Crippen molar-refractivity contribution in [3.05, 3.63) is 175 Å². The zero-order valence-electron chi connectivity index (χ0n) is 32.8. The van der Waals surface area contributed by atoms with Gasteiger partial charge in [0.2, 0.25) is 9.84 Å². The Morgan fingerprint density at radius 3 is 1.84 bits per heavy atom. The van der Waals surface area contributed by atoms with Gasteiger partial charge < -0.3 is 4.90 Å². The number of benzene rings is 7. The van der Waals surface area contributed by atoms with E-state index >= 15 is 0 Å². The molecular weight excluding hydrogens is 747 g/mol. The summed E-state index contributed by atoms with van der Waals surface area (Å²) >= 11 is 1.85. The summed E-state index contributed by atoms with van der Waals surface area (Å²) in [6, 6.07) is 57.5. The Kier molecular flexibility index (Phi) is 8.32. The Morgan fingerprint density at radius 1 is 0.517 bits per heavy atom. The molecule has 1 aromatic heterocycles. The second kappa shape index (κ2) is 13.5. The van der Waals surface area contributed by atoms with Gasteiger partial charge in [-0.25, -0.2) is 8.42 Å². The van der Waals surface area contributed by atoms with E-state index in [4.69, 9.17) is 0 Å². The summed E-state index contributed by atoms with van der Waals surface area (Å²) in [5, 5.41) is 2.59. The Labute approximate surface area is 345 Å². The van der Waals surface area contributed by atoms with Crippen molar-refractivity contribution in [2.24, 2.45) is 23.7 Å². The predicted octanol–water partition coefficient (Wildman–Crippen LogP) is 14.4. The average molecular weight is 792 g/mol. The van der Waals surface area contributed by atoms with Crippen molar-refractivity contribution in [3.8, 4) is 22.3 Å². The van der Waals surface area contributed by atoms with Gasteiger partial charge >= 0.3 is 0 Å². The molecule has 3 nitrogen and oxygen atoms in total. The zero-order chi connectivity index (χ0) is 39.2. The molecular formula is C53H45NO2S2. The van der Waals surface area contributed by atoms with Crippen LogP contribution < -0.4 is 4.90 Å². The second-order valence-electron chi connectivity index (χ2n) is 17.1. The lowest BCUT2D eigenvalue weighted by Crippen LogP contribution is -2.54. The number of para-hydroxylation sites is 1. The van der Waals surface area contributed by atoms with Crippen molar-refractivity contribution in [1.29, 1.82) is 0 Å². The Hall–Kier alpha value is -5.49. The summed E-state index contributed by atoms with van der Waals surface area (Å²) in [7, 11) is -3.78. The van der Waals surface area contributed by atoms with E-state index < -0.39 is 9.84 Å². The number of fused-ring (bicyclic) bond motifs is 5. The molecule has 2 aliphatic carbocycles. The van der Waals surface area contributed by atoms with Crippen molar-refractivity contribution in [2.45, 2.75) is 54.7 Å². The first kappa shape index (κ1) is 35.7. The molecule has 0 radical (unpaired) electrons. The van der Waals surface area contributed by atoms with Gasteiger partial charge in [0, 0.05) is 42.6 Å². The van der Waals surface area contributed by atoms with Gasteiger partial charge in [-0.15, -0.1) is 11.3 Å². The normalized spacial score (nSPS) is 23.1. The van der Waals surface area contributed by atoms with Crippen LogP contribution in [0.4, 0.5) is 17.1 Å². The fourth-order valence-corrected chi connectivity index (χ4v) is 14.5. The molecule has 3 aliphatic rings. The number of hydrogen-bond acceptors (Lipinski definition) is 4. The number of anilines is 3. The molecule has 1 spiro atoms. The molecule has 0 saturated heterocycles. The first-order valence-electron chi connectivity index (χ1n) is 20.8. The minimum Gasteiger partial charge on any atom is -0.310 e. The van der Waals surface area contributed by atoms with Gasteiger partial charge in [-0.1, -0.05) is 123 Å². The number of thiophene rings is 1. The van der Waals surface area contributed by atoms with E-state index in [0.717, 1.165) is 59.4 Å². The zero-order valence-corrected chi connectivity index (χ0v) is 34.4. The van der Waals surface area contributed by atoms with Crippen LogP contribution in [0, 0.1) is 23.7 Å². The third-order valence-electron chi connectivity index (χ3n) is 13.7. The van der Waals surface area contributed by atoms with Gasteiger partial charge in [0.15, 0.2) is 0 Å². The largest absolute Gasteiger partial charge is 0.310 e. The highest BCUT2D eigenvalue weighted by atomic mass is 32.2. The molecule has 2 heterocycles. The smallest absolute Gasteiger partial charge is 0.207 e. The lowest BCUT2D eigenvalue weighted by Gasteiger charge is -2.59. The summed E-state index contributed by atoms with van der Waals surface area (Å²) in [4.78, 5) is 3.19. The molecule has 2 fully saturated rings. The first-order chi connectivity index (χ1) is 28.3. The maximum absolute atomic E-state index is 14.9. The maximum Gasteiger partial charge on any atom is 0.207 e. The summed E-state index contributed by atoms with van der Waals surface area (Å²) in [5.41, 5.74) is 9.27. The standard InChI is InChI=1S/C53H45NO2S2/c1-34-29-37-31-35(2)32-38(30-34)53(37)46-19-9-11-22-50(46)58(55,56)51-33-41(27-28-47(51)53)54(39-13-4-3-5-14-39)40-25-23-36(24-26-40)42-15-6-7-16-43(42)44-18-12-21-49-52(44)45-17-8-10-20-48(45)57-49/h3-28,33-35,37-38H,29-32H2,1-2H3/t34?,35?,37-,38-,53?. The first-order valence-corrected chi connectivity index (χ1v) is 23.1. The lowest BCUT2D eigenvalue weighted by atomic mass is 9.46. The van der Waals surface area contributed by atoms with E-state index in [1.807, 2.05) is 47.7 Å². The van der Waals surface area contributed by atoms with E-state index in [1.165, 1.54) is 36.9 Å². The number of rotatable bonds is 5. The van der Waals surface area contributed by atoms with Crippen LogP contribution in [-0.4, -0.2) is 8.42 Å². The number of hydrogen-bond donors (Lipinski definition) is 0. The maximum atomic E-state index is 14.9. The lowest BCUT2D eigenvalue weighted by molar-refractivity contribution is 0.0231. The molecule has 5 heteroatoms. The summed E-state index contributed by atoms with van der Waals surface area (Å²) in [6.07, 6.45) is 4.50. The van der Waals surface area contributed by atoms with Crippen molar-refractivity contribution in [1.82, 2.24) is 0 Å². The van der Waals surface area contributed by atoms with Gasteiger partial charge in [0.1, 0.15) is 0 Å². The van der Waals surface area contributed by atoms with E-state index in [-0.39, 0.29) is 5.41 Å². The predicted molar refractivity (Wildman–Crippen MR) is 241 cm³/mol. The van der Waals surface area contributed by atoms with Gasteiger partial charge in [-0.3, -0.25) is 0 Å². The van der Waals surface area contributed by atoms with Crippen LogP contribution in [0.3, 0.4) is 0 Å². The van der Waals surface area contributed by atoms with Crippen LogP contribution in [0.2, 0.25) is 0 Å². The highest BCUT2D eigenvalue weighted by molar-refractivity contribution is 7.91. The van der Waals surface area contributed by atoms with Crippen LogP contribution in [0.25, 0.3) is 42.4 Å². The van der Waals surface area contributed by atoms with Crippen LogP contribution in [0.1, 0.15) is 50.7 Å². The van der Waals surface area contributed by atoms with Crippen LogP contribution >= 0.6 is 11.3 Å². The quantitative estimate of drug-likeness (QED) is 0.174. The van der Waals surface area contributed by atoms with E-state index in [1.54, 1.807) is 0 Å². The second-order valence-corrected chi connectivity index (χ2v) is 20.1. The molecule has 1 aliphatic heterocycles. The van der Waals surface area contributed by atoms with Crippen molar-refractivity contribution in [2.75, 3.05) is 4.90 Å². The molecule has 0 N–H and O–H groups in total. The van der Waals surface area contributed by atoms with Crippen molar-refractivity contribution < 1.29 is 8.42 Å². The van der Waals surface area contributed by atoms with Crippen molar-refractivity contribution in [3.63, 3.8) is 0 Å². The minimum atomic E-state index is -3.78. The molecule has 11 rings (SSSR count). The monoisotopic (exact) mass is 791 g/mol. The van der Waals surface area contributed by atoms with E-state index in [2.05, 4.69) is 146 Å². The summed E-state index contributed by atoms with van der Waals surface area (Å²) in [5.74, 6) is 2.07. The number of sulfone groups is 1. The third kappa shape index (κ3) is 5.32. The summed E-state index contributed by atoms with van der Waals surface area (Å²) < 4.78 is 32.4. The Bertz CT molecular complexity index is 2950. The highest BCUT2D eigenvalue weighted by Crippen LogP contribution is 2.64. The van der Waals surface area contributed by atoms with Crippen LogP contribution in [0.5, 0.6) is 0 Å². The molecule has 0 unspecified atom stereocenters. The molecule has 2 bridgehead atoms. The SMILES string of the molecule is CC1C[C@H]2CC(C)C[C@H](C1)C21c2ccccc2S(=O)(=O)c2cc(N(c3ccccc3)c3ccc(-c4ccccc4-c4cccc5sc6ccccc6c45)cc3)ccc21. The van der Waals surface area contributed by atoms with Crippen LogP contribution in [0.15, 0.2) is 174 Å². The van der Waals surface area contributed by atoms with Crippen molar-refractivity contribution >= 4 is 58.4 Å². The van der Waals surface area contributed by atoms with E-state index in [9.17, 15) is 8.42 Å².